The van der Waals surface area contributed by atoms with Crippen molar-refractivity contribution in [1.82, 2.24) is 0 Å². The molecule has 1 rings (SSSR count). The lowest BCUT2D eigenvalue weighted by atomic mass is 10.2. The summed E-state index contributed by atoms with van der Waals surface area (Å²) in [4.78, 5) is 0. The van der Waals surface area contributed by atoms with E-state index in [0.717, 1.165) is 16.0 Å². The van der Waals surface area contributed by atoms with E-state index in [4.69, 9.17) is 0 Å². The van der Waals surface area contributed by atoms with Crippen molar-refractivity contribution in [3.8, 4) is 0 Å². The van der Waals surface area contributed by atoms with E-state index in [2.05, 4.69) is 6.58 Å². The highest BCUT2D eigenvalue weighted by Gasteiger charge is 1.89. The maximum atomic E-state index is 12.9. The lowest BCUT2D eigenvalue weighted by Crippen LogP contribution is -2.24. The standard InChI is InChI=1S/C12H13F/c1-4-10-5-6-12(13)8-11(10)7-9(2)3/h4-8H,2H2,1,3H3/b10-4-,11-7-. The Labute approximate surface area is 77.7 Å². The SMILES string of the molecule is C=C(C)/C=c1/cc(F)cc/c1=C/C. The quantitative estimate of drug-likeness (QED) is 0.613. The van der Waals surface area contributed by atoms with Crippen molar-refractivity contribution in [1.29, 1.82) is 0 Å². The molecule has 0 atom stereocenters. The molecule has 0 amide bonds. The summed E-state index contributed by atoms with van der Waals surface area (Å²) in [5.41, 5.74) is 0.925. The van der Waals surface area contributed by atoms with Crippen molar-refractivity contribution >= 4 is 12.2 Å². The summed E-state index contributed by atoms with van der Waals surface area (Å²) in [5.74, 6) is -0.210. The first-order valence-electron chi connectivity index (χ1n) is 4.22. The van der Waals surface area contributed by atoms with Gasteiger partial charge in [-0.15, -0.1) is 0 Å². The van der Waals surface area contributed by atoms with Gasteiger partial charge < -0.3 is 0 Å². The van der Waals surface area contributed by atoms with Gasteiger partial charge >= 0.3 is 0 Å². The van der Waals surface area contributed by atoms with Gasteiger partial charge in [-0.25, -0.2) is 4.39 Å². The molecule has 0 heterocycles. The van der Waals surface area contributed by atoms with Crippen molar-refractivity contribution in [2.45, 2.75) is 13.8 Å². The van der Waals surface area contributed by atoms with Crippen molar-refractivity contribution in [3.63, 3.8) is 0 Å². The molecule has 0 radical (unpaired) electrons. The number of hydrogen-bond donors (Lipinski definition) is 0. The number of benzene rings is 1. The molecule has 0 saturated carbocycles. The zero-order valence-electron chi connectivity index (χ0n) is 7.97. The average molecular weight is 176 g/mol. The lowest BCUT2D eigenvalue weighted by Gasteiger charge is -1.92. The Morgan fingerprint density at radius 3 is 2.62 bits per heavy atom. The van der Waals surface area contributed by atoms with Crippen molar-refractivity contribution in [3.05, 3.63) is 46.6 Å². The second-order valence-electron chi connectivity index (χ2n) is 3.05. The normalized spacial score (nSPS) is 13.5. The minimum absolute atomic E-state index is 0.210. The van der Waals surface area contributed by atoms with Gasteiger partial charge in [-0.2, -0.15) is 0 Å². The van der Waals surface area contributed by atoms with E-state index < -0.39 is 0 Å². The maximum absolute atomic E-state index is 12.9. The van der Waals surface area contributed by atoms with E-state index in [0.29, 0.717) is 0 Å². The number of halogens is 1. The highest BCUT2D eigenvalue weighted by molar-refractivity contribution is 5.44. The third-order valence-electron chi connectivity index (χ3n) is 1.76. The summed E-state index contributed by atoms with van der Waals surface area (Å²) in [7, 11) is 0. The van der Waals surface area contributed by atoms with Gasteiger partial charge in [0.05, 0.1) is 0 Å². The number of hydrogen-bond acceptors (Lipinski definition) is 0. The molecule has 0 fully saturated rings. The third-order valence-corrected chi connectivity index (χ3v) is 1.76. The molecule has 13 heavy (non-hydrogen) atoms. The second kappa shape index (κ2) is 4.04. The summed E-state index contributed by atoms with van der Waals surface area (Å²) >= 11 is 0. The van der Waals surface area contributed by atoms with Crippen LogP contribution in [0.5, 0.6) is 0 Å². The molecule has 0 unspecified atom stereocenters. The molecular weight excluding hydrogens is 163 g/mol. The Kier molecular flexibility index (Phi) is 3.02. The van der Waals surface area contributed by atoms with Crippen molar-refractivity contribution in [2.75, 3.05) is 0 Å². The third kappa shape index (κ3) is 2.55. The van der Waals surface area contributed by atoms with E-state index in [-0.39, 0.29) is 5.82 Å². The first-order valence-corrected chi connectivity index (χ1v) is 4.22. The van der Waals surface area contributed by atoms with Gasteiger partial charge in [0, 0.05) is 0 Å². The van der Waals surface area contributed by atoms with Crippen molar-refractivity contribution < 1.29 is 4.39 Å². The van der Waals surface area contributed by atoms with Crippen LogP contribution in [0.3, 0.4) is 0 Å². The molecule has 0 aromatic heterocycles. The highest BCUT2D eigenvalue weighted by atomic mass is 19.1. The van der Waals surface area contributed by atoms with Gasteiger partial charge in [0.15, 0.2) is 0 Å². The molecule has 0 aliphatic rings. The van der Waals surface area contributed by atoms with Crippen LogP contribution in [0.4, 0.5) is 4.39 Å². The molecule has 1 aromatic carbocycles. The minimum atomic E-state index is -0.210. The summed E-state index contributed by atoms with van der Waals surface area (Å²) in [6, 6.07) is 4.75. The molecule has 1 aromatic rings. The molecule has 0 aliphatic heterocycles. The Bertz CT molecular complexity index is 427. The Hall–Kier alpha value is -1.37. The predicted molar refractivity (Wildman–Crippen MR) is 55.1 cm³/mol. The molecular formula is C12H13F. The molecule has 0 N–H and O–H groups in total. The fraction of sp³-hybridized carbons (Fsp3) is 0.167. The molecule has 1 heteroatoms. The van der Waals surface area contributed by atoms with Crippen LogP contribution in [0.2, 0.25) is 0 Å². The van der Waals surface area contributed by atoms with Gasteiger partial charge in [-0.05, 0) is 36.4 Å². The van der Waals surface area contributed by atoms with E-state index in [9.17, 15) is 4.39 Å². The Balaban J connectivity index is 3.51. The molecule has 0 aliphatic carbocycles. The van der Waals surface area contributed by atoms with E-state index >= 15 is 0 Å². The lowest BCUT2D eigenvalue weighted by molar-refractivity contribution is 0.626. The fourth-order valence-corrected chi connectivity index (χ4v) is 1.20. The van der Waals surface area contributed by atoms with Crippen LogP contribution >= 0.6 is 0 Å². The van der Waals surface area contributed by atoms with Crippen LogP contribution in [0, 0.1) is 5.82 Å². The monoisotopic (exact) mass is 176 g/mol. The molecule has 0 saturated heterocycles. The maximum Gasteiger partial charge on any atom is 0.123 e. The second-order valence-corrected chi connectivity index (χ2v) is 3.05. The summed E-state index contributed by atoms with van der Waals surface area (Å²) in [5, 5.41) is 1.92. The highest BCUT2D eigenvalue weighted by Crippen LogP contribution is 1.89. The van der Waals surface area contributed by atoms with Crippen LogP contribution < -0.4 is 10.4 Å². The van der Waals surface area contributed by atoms with Gasteiger partial charge in [0.1, 0.15) is 5.82 Å². The van der Waals surface area contributed by atoms with Crippen LogP contribution in [-0.4, -0.2) is 0 Å². The molecule has 0 bridgehead atoms. The van der Waals surface area contributed by atoms with Crippen LogP contribution in [0.25, 0.3) is 12.2 Å². The minimum Gasteiger partial charge on any atom is -0.207 e. The van der Waals surface area contributed by atoms with E-state index in [1.54, 1.807) is 6.07 Å². The van der Waals surface area contributed by atoms with Crippen molar-refractivity contribution in [2.24, 2.45) is 0 Å². The van der Waals surface area contributed by atoms with Crippen LogP contribution in [-0.2, 0) is 0 Å². The fourth-order valence-electron chi connectivity index (χ4n) is 1.20. The predicted octanol–water partition coefficient (Wildman–Crippen LogP) is 1.98. The number of allylic oxidation sites excluding steroid dienone is 1. The summed E-state index contributed by atoms with van der Waals surface area (Å²) < 4.78 is 12.9. The Morgan fingerprint density at radius 1 is 1.38 bits per heavy atom. The largest absolute Gasteiger partial charge is 0.207 e. The first kappa shape index (κ1) is 9.72. The zero-order valence-corrected chi connectivity index (χ0v) is 7.97. The van der Waals surface area contributed by atoms with Crippen LogP contribution in [0.15, 0.2) is 30.4 Å². The topological polar surface area (TPSA) is 0 Å². The van der Waals surface area contributed by atoms with Gasteiger partial charge in [0.2, 0.25) is 0 Å². The average Bonchev–Trinajstić information content (AvgIpc) is 2.03. The molecule has 0 nitrogen and oxygen atoms in total. The molecule has 0 spiro atoms. The van der Waals surface area contributed by atoms with E-state index in [1.165, 1.54) is 12.1 Å². The van der Waals surface area contributed by atoms with Gasteiger partial charge in [-0.1, -0.05) is 30.4 Å². The smallest absolute Gasteiger partial charge is 0.123 e. The Morgan fingerprint density at radius 2 is 2.08 bits per heavy atom. The van der Waals surface area contributed by atoms with E-state index in [1.807, 2.05) is 26.0 Å². The first-order chi connectivity index (χ1) is 6.13. The summed E-state index contributed by atoms with van der Waals surface area (Å²) in [6.45, 7) is 7.59. The summed E-state index contributed by atoms with van der Waals surface area (Å²) in [6.07, 6.45) is 3.83. The van der Waals surface area contributed by atoms with Gasteiger partial charge in [0.25, 0.3) is 0 Å². The molecule has 68 valence electrons. The van der Waals surface area contributed by atoms with Gasteiger partial charge in [-0.3, -0.25) is 0 Å². The zero-order chi connectivity index (χ0) is 9.84. The number of rotatable bonds is 1. The van der Waals surface area contributed by atoms with Crippen LogP contribution in [0.1, 0.15) is 13.8 Å².